The van der Waals surface area contributed by atoms with E-state index in [0.717, 1.165) is 31.4 Å². The molecule has 6 nitrogen and oxygen atoms in total. The molecule has 1 aromatic heterocycles. The zero-order chi connectivity index (χ0) is 17.9. The normalized spacial score (nSPS) is 17.0. The van der Waals surface area contributed by atoms with Crippen LogP contribution in [0.2, 0.25) is 0 Å². The van der Waals surface area contributed by atoms with Gasteiger partial charge in [-0.05, 0) is 38.7 Å². The van der Waals surface area contributed by atoms with Crippen LogP contribution in [0.4, 0.5) is 4.79 Å². The fourth-order valence-electron chi connectivity index (χ4n) is 3.20. The second kappa shape index (κ2) is 7.27. The number of benzene rings is 1. The zero-order valence-electron chi connectivity index (χ0n) is 14.8. The standard InChI is InChI=1S/C19H26N4O2/c1-19(2,13-24)22-18(25)21-16-9-6-10-17-15(16)11-20-23(17)12-14-7-4-3-5-8-14/h3-5,7-8,11,16,24H,6,9-10,12-13H2,1-2H3,(H2,21,22,25)/t16-/m1/s1. The molecule has 3 N–H and O–H groups in total. The lowest BCUT2D eigenvalue weighted by Crippen LogP contribution is -2.51. The average Bonchev–Trinajstić information content (AvgIpc) is 2.99. The number of aromatic nitrogens is 2. The van der Waals surface area contributed by atoms with E-state index in [1.54, 1.807) is 13.8 Å². The number of nitrogens with one attached hydrogen (secondary N) is 2. The van der Waals surface area contributed by atoms with Crippen molar-refractivity contribution in [3.05, 3.63) is 53.3 Å². The van der Waals surface area contributed by atoms with Crippen molar-refractivity contribution in [1.82, 2.24) is 20.4 Å². The van der Waals surface area contributed by atoms with E-state index >= 15 is 0 Å². The van der Waals surface area contributed by atoms with Gasteiger partial charge in [-0.1, -0.05) is 30.3 Å². The Kier molecular flexibility index (Phi) is 5.08. The first kappa shape index (κ1) is 17.5. The number of rotatable bonds is 5. The minimum atomic E-state index is -0.640. The molecule has 0 fully saturated rings. The number of hydrogen-bond donors (Lipinski definition) is 3. The Morgan fingerprint density at radius 2 is 2.12 bits per heavy atom. The van der Waals surface area contributed by atoms with Gasteiger partial charge in [-0.3, -0.25) is 4.68 Å². The van der Waals surface area contributed by atoms with E-state index in [2.05, 4.69) is 27.9 Å². The molecule has 0 radical (unpaired) electrons. The summed E-state index contributed by atoms with van der Waals surface area (Å²) in [6.45, 7) is 4.21. The van der Waals surface area contributed by atoms with Crippen LogP contribution in [-0.2, 0) is 13.0 Å². The Morgan fingerprint density at radius 3 is 2.84 bits per heavy atom. The molecule has 1 heterocycles. The molecule has 0 saturated heterocycles. The van der Waals surface area contributed by atoms with E-state index in [1.807, 2.05) is 29.1 Å². The van der Waals surface area contributed by atoms with Crippen molar-refractivity contribution in [3.63, 3.8) is 0 Å². The van der Waals surface area contributed by atoms with Crippen molar-refractivity contribution < 1.29 is 9.90 Å². The lowest BCUT2D eigenvalue weighted by atomic mass is 9.93. The highest BCUT2D eigenvalue weighted by molar-refractivity contribution is 5.75. The van der Waals surface area contributed by atoms with E-state index in [-0.39, 0.29) is 18.7 Å². The highest BCUT2D eigenvalue weighted by Crippen LogP contribution is 2.30. The Bertz CT molecular complexity index is 724. The minimum absolute atomic E-state index is 0.0391. The van der Waals surface area contributed by atoms with Crippen LogP contribution in [0.1, 0.15) is 49.6 Å². The van der Waals surface area contributed by atoms with Gasteiger partial charge in [-0.15, -0.1) is 0 Å². The second-order valence-electron chi connectivity index (χ2n) is 7.28. The zero-order valence-corrected chi connectivity index (χ0v) is 14.8. The largest absolute Gasteiger partial charge is 0.394 e. The molecule has 2 amide bonds. The van der Waals surface area contributed by atoms with Crippen LogP contribution in [0.15, 0.2) is 36.5 Å². The molecule has 1 aliphatic carbocycles. The van der Waals surface area contributed by atoms with Crippen LogP contribution in [0, 0.1) is 0 Å². The molecule has 1 aromatic carbocycles. The molecule has 3 rings (SSSR count). The van der Waals surface area contributed by atoms with Gasteiger partial charge in [-0.2, -0.15) is 5.10 Å². The molecule has 0 saturated carbocycles. The summed E-state index contributed by atoms with van der Waals surface area (Å²) < 4.78 is 2.04. The molecule has 0 unspecified atom stereocenters. The molecule has 1 aliphatic rings. The Hall–Kier alpha value is -2.34. The molecule has 2 aromatic rings. The summed E-state index contributed by atoms with van der Waals surface area (Å²) in [6, 6.07) is 9.96. The number of aliphatic hydroxyl groups is 1. The number of hydrogen-bond acceptors (Lipinski definition) is 3. The fourth-order valence-corrected chi connectivity index (χ4v) is 3.20. The van der Waals surface area contributed by atoms with E-state index in [1.165, 1.54) is 11.3 Å². The van der Waals surface area contributed by atoms with Crippen LogP contribution < -0.4 is 10.6 Å². The lowest BCUT2D eigenvalue weighted by Gasteiger charge is -2.28. The Labute approximate surface area is 148 Å². The maximum atomic E-state index is 12.2. The van der Waals surface area contributed by atoms with Gasteiger partial charge in [0.1, 0.15) is 0 Å². The number of fused-ring (bicyclic) bond motifs is 1. The summed E-state index contributed by atoms with van der Waals surface area (Å²) in [5, 5.41) is 19.7. The smallest absolute Gasteiger partial charge is 0.315 e. The maximum Gasteiger partial charge on any atom is 0.315 e. The molecule has 0 bridgehead atoms. The van der Waals surface area contributed by atoms with Crippen LogP contribution >= 0.6 is 0 Å². The fraction of sp³-hybridized carbons (Fsp3) is 0.474. The highest BCUT2D eigenvalue weighted by Gasteiger charge is 2.27. The van der Waals surface area contributed by atoms with E-state index in [9.17, 15) is 9.90 Å². The van der Waals surface area contributed by atoms with Gasteiger partial charge in [0.25, 0.3) is 0 Å². The Morgan fingerprint density at radius 1 is 1.36 bits per heavy atom. The highest BCUT2D eigenvalue weighted by atomic mass is 16.3. The maximum absolute atomic E-state index is 12.2. The predicted molar refractivity (Wildman–Crippen MR) is 96.3 cm³/mol. The van der Waals surface area contributed by atoms with Crippen LogP contribution in [-0.4, -0.2) is 33.1 Å². The van der Waals surface area contributed by atoms with Gasteiger partial charge < -0.3 is 15.7 Å². The van der Waals surface area contributed by atoms with Gasteiger partial charge in [0, 0.05) is 11.3 Å². The third-order valence-electron chi connectivity index (χ3n) is 4.59. The summed E-state index contributed by atoms with van der Waals surface area (Å²) in [5.74, 6) is 0. The minimum Gasteiger partial charge on any atom is -0.394 e. The first-order chi connectivity index (χ1) is 12.0. The van der Waals surface area contributed by atoms with Gasteiger partial charge in [0.05, 0.1) is 30.9 Å². The third-order valence-corrected chi connectivity index (χ3v) is 4.59. The summed E-state index contributed by atoms with van der Waals surface area (Å²) in [5.41, 5.74) is 2.87. The van der Waals surface area contributed by atoms with Crippen molar-refractivity contribution in [1.29, 1.82) is 0 Å². The van der Waals surface area contributed by atoms with E-state index in [0.29, 0.717) is 0 Å². The number of carbonyl (C=O) groups is 1. The summed E-state index contributed by atoms with van der Waals surface area (Å²) in [6.07, 6.45) is 4.77. The van der Waals surface area contributed by atoms with Crippen molar-refractivity contribution in [2.24, 2.45) is 0 Å². The molecule has 25 heavy (non-hydrogen) atoms. The van der Waals surface area contributed by atoms with E-state index in [4.69, 9.17) is 0 Å². The van der Waals surface area contributed by atoms with Crippen molar-refractivity contribution in [3.8, 4) is 0 Å². The number of aliphatic hydroxyl groups excluding tert-OH is 1. The third kappa shape index (κ3) is 4.20. The van der Waals surface area contributed by atoms with Gasteiger partial charge in [0.2, 0.25) is 0 Å². The van der Waals surface area contributed by atoms with E-state index < -0.39 is 5.54 Å². The van der Waals surface area contributed by atoms with Gasteiger partial charge >= 0.3 is 6.03 Å². The van der Waals surface area contributed by atoms with Crippen LogP contribution in [0.5, 0.6) is 0 Å². The quantitative estimate of drug-likeness (QED) is 0.780. The molecule has 0 spiro atoms. The average molecular weight is 342 g/mol. The van der Waals surface area contributed by atoms with Crippen molar-refractivity contribution >= 4 is 6.03 Å². The first-order valence-electron chi connectivity index (χ1n) is 8.76. The van der Waals surface area contributed by atoms with Crippen LogP contribution in [0.25, 0.3) is 0 Å². The summed E-state index contributed by atoms with van der Waals surface area (Å²) in [7, 11) is 0. The predicted octanol–water partition coefficient (Wildman–Crippen LogP) is 2.38. The monoisotopic (exact) mass is 342 g/mol. The number of nitrogens with zero attached hydrogens (tertiary/aromatic N) is 2. The lowest BCUT2D eigenvalue weighted by molar-refractivity contribution is 0.180. The molecule has 1 atom stereocenters. The summed E-state index contributed by atoms with van der Waals surface area (Å²) in [4.78, 5) is 12.2. The van der Waals surface area contributed by atoms with Gasteiger partial charge in [-0.25, -0.2) is 4.79 Å². The molecule has 0 aliphatic heterocycles. The topological polar surface area (TPSA) is 79.2 Å². The number of carbonyl (C=O) groups excluding carboxylic acids is 1. The SMILES string of the molecule is CC(C)(CO)NC(=O)N[C@@H]1CCCc2c1cnn2Cc1ccccc1. The number of amides is 2. The summed E-state index contributed by atoms with van der Waals surface area (Å²) >= 11 is 0. The number of urea groups is 1. The van der Waals surface area contributed by atoms with Gasteiger partial charge in [0.15, 0.2) is 0 Å². The van der Waals surface area contributed by atoms with Crippen LogP contribution in [0.3, 0.4) is 0 Å². The Balaban J connectivity index is 1.71. The van der Waals surface area contributed by atoms with Crippen molar-refractivity contribution in [2.75, 3.05) is 6.61 Å². The molecule has 6 heteroatoms. The molecule has 134 valence electrons. The molecular weight excluding hydrogens is 316 g/mol. The second-order valence-corrected chi connectivity index (χ2v) is 7.28. The first-order valence-corrected chi connectivity index (χ1v) is 8.76. The molecular formula is C19H26N4O2. The van der Waals surface area contributed by atoms with Crippen molar-refractivity contribution in [2.45, 2.75) is 51.2 Å².